The van der Waals surface area contributed by atoms with Gasteiger partial charge >= 0.3 is 0 Å². The lowest BCUT2D eigenvalue weighted by Gasteiger charge is -2.18. The summed E-state index contributed by atoms with van der Waals surface area (Å²) >= 11 is 0. The number of nitrogens with one attached hydrogen (secondary N) is 7. The van der Waals surface area contributed by atoms with Crippen molar-refractivity contribution in [2.75, 3.05) is 154 Å². The van der Waals surface area contributed by atoms with E-state index in [0.29, 0.717) is 110 Å². The van der Waals surface area contributed by atoms with E-state index in [2.05, 4.69) is 110 Å². The van der Waals surface area contributed by atoms with Crippen LogP contribution in [0.5, 0.6) is 0 Å². The Morgan fingerprint density at radius 3 is 0.745 bits per heavy atom. The zero-order chi connectivity index (χ0) is 76.6. The van der Waals surface area contributed by atoms with Crippen LogP contribution in [0.15, 0.2) is 97.1 Å². The maximum Gasteiger partial charge on any atom is 0.251 e. The molecule has 0 radical (unpaired) electrons. The van der Waals surface area contributed by atoms with E-state index in [4.69, 9.17) is 27.1 Å². The van der Waals surface area contributed by atoms with Gasteiger partial charge in [-0.3, -0.25) is 33.3 Å². The van der Waals surface area contributed by atoms with Gasteiger partial charge < -0.3 is 46.6 Å². The van der Waals surface area contributed by atoms with Crippen LogP contribution in [-0.4, -0.2) is 219 Å². The molecule has 0 heterocycles. The van der Waals surface area contributed by atoms with Crippen molar-refractivity contribution in [1.82, 2.24) is 40.9 Å². The molecular weight excluding hydrogens is 1450 g/mol. The summed E-state index contributed by atoms with van der Waals surface area (Å²) in [5.74, 6) is -0.621. The quantitative estimate of drug-likeness (QED) is 0.0116. The van der Waals surface area contributed by atoms with E-state index < -0.39 is 48.2 Å². The van der Waals surface area contributed by atoms with Crippen LogP contribution in [0.2, 0.25) is 0 Å². The van der Waals surface area contributed by atoms with Gasteiger partial charge in [-0.2, -0.15) is 0 Å². The first-order chi connectivity index (χ1) is 48.1. The second-order valence-electron chi connectivity index (χ2n) is 23.9. The highest BCUT2D eigenvalue weighted by atomic mass is 35.7. The molecule has 4 amide bonds. The number of unbranched alkanes of at least 4 members (excludes halogenated alkanes) is 10. The summed E-state index contributed by atoms with van der Waals surface area (Å²) in [5.41, 5.74) is 9.60. The number of carbonyl (C=O) groups excluding carboxylic acids is 4. The Kier molecular flexibility index (Phi) is 48.1. The van der Waals surface area contributed by atoms with Gasteiger partial charge in [0.15, 0.2) is 0 Å². The van der Waals surface area contributed by atoms with Crippen LogP contribution in [0.4, 0.5) is 22.7 Å². The summed E-state index contributed by atoms with van der Waals surface area (Å²) < 4.78 is 122. The first-order valence-electron chi connectivity index (χ1n) is 35.2. The number of nitrogen functional groups attached to an aromatic ring is 1. The molecule has 0 aliphatic rings. The largest absolute Gasteiger partial charge is 0.399 e. The number of hydrogen-bond acceptors (Lipinski definition) is 19. The molecule has 0 saturated heterocycles. The molecule has 9 N–H and O–H groups in total. The Labute approximate surface area is 619 Å². The number of carbonyl (C=O) groups is 4. The molecule has 4 rings (SSSR count). The molecule has 0 aromatic heterocycles. The fourth-order valence-corrected chi connectivity index (χ4v) is 14.5. The Bertz CT molecular complexity index is 3440. The Hall–Kier alpha value is -5.87. The van der Waals surface area contributed by atoms with Gasteiger partial charge in [0.1, 0.15) is 0 Å². The minimum Gasteiger partial charge on any atom is -0.399 e. The number of rotatable bonds is 48. The zero-order valence-corrected chi connectivity index (χ0v) is 66.8. The highest BCUT2D eigenvalue weighted by molar-refractivity contribution is 8.14. The molecule has 26 nitrogen and oxygen atoms in total. The van der Waals surface area contributed by atoms with Crippen molar-refractivity contribution < 1.29 is 61.3 Å². The number of nitrogens with zero attached hydrogens (tertiary/aromatic N) is 4. The molecule has 0 unspecified atom stereocenters. The van der Waals surface area contributed by atoms with Gasteiger partial charge in [-0.1, -0.05) is 107 Å². The minimum absolute atomic E-state index is 0.00458. The molecule has 4 aromatic carbocycles. The zero-order valence-electron chi connectivity index (χ0n) is 61.2. The highest BCUT2D eigenvalue weighted by Gasteiger charge is 2.16. The predicted molar refractivity (Wildman–Crippen MR) is 419 cm³/mol. The Morgan fingerprint density at radius 1 is 0.324 bits per heavy atom. The number of nitrogens with two attached hydrogens (primary N) is 1. The molecule has 0 aliphatic carbocycles. The van der Waals surface area contributed by atoms with Gasteiger partial charge in [0.05, 0.1) is 29.3 Å². The van der Waals surface area contributed by atoms with E-state index >= 15 is 0 Å². The molecule has 0 fully saturated rings. The van der Waals surface area contributed by atoms with Crippen LogP contribution in [0.25, 0.3) is 0 Å². The van der Waals surface area contributed by atoms with Crippen LogP contribution in [-0.2, 0) is 48.2 Å². The van der Waals surface area contributed by atoms with E-state index in [1.54, 1.807) is 97.1 Å². The Balaban J connectivity index is 0.000000786. The van der Waals surface area contributed by atoms with E-state index in [0.717, 1.165) is 123 Å². The third-order valence-corrected chi connectivity index (χ3v) is 21.8. The molecule has 4 aromatic rings. The first-order valence-corrected chi connectivity index (χ1v) is 45.3. The number of benzene rings is 4. The highest BCUT2D eigenvalue weighted by Crippen LogP contribution is 2.17. The van der Waals surface area contributed by atoms with Crippen LogP contribution in [0.3, 0.4) is 0 Å². The monoisotopic (exact) mass is 1570 g/mol. The molecule has 0 atom stereocenters. The molecular formula is C69H116Cl2N12O14S5. The van der Waals surface area contributed by atoms with Crippen molar-refractivity contribution in [2.24, 2.45) is 0 Å². The van der Waals surface area contributed by atoms with Crippen LogP contribution < -0.4 is 41.2 Å². The average molecular weight is 1570 g/mol. The van der Waals surface area contributed by atoms with Crippen LogP contribution in [0, 0.1) is 0 Å². The smallest absolute Gasteiger partial charge is 0.251 e. The van der Waals surface area contributed by atoms with Crippen molar-refractivity contribution in [2.45, 2.75) is 132 Å². The fraction of sp³-hybridized carbons (Fsp3) is 0.594. The van der Waals surface area contributed by atoms with E-state index in [9.17, 15) is 61.3 Å². The van der Waals surface area contributed by atoms with Gasteiger partial charge in [-0.15, -0.1) is 0 Å². The van der Waals surface area contributed by atoms with E-state index in [1.807, 2.05) is 0 Å². The topological polar surface area (TPSA) is 362 Å². The Morgan fingerprint density at radius 2 is 0.529 bits per heavy atom. The molecule has 102 heavy (non-hydrogen) atoms. The summed E-state index contributed by atoms with van der Waals surface area (Å²) in [7, 11) is -7.01. The second kappa shape index (κ2) is 52.2. The molecule has 0 aliphatic heterocycles. The number of hydrogen-bond donors (Lipinski definition) is 8. The lowest BCUT2D eigenvalue weighted by atomic mass is 10.1. The van der Waals surface area contributed by atoms with Crippen molar-refractivity contribution in [1.29, 1.82) is 0 Å². The molecule has 0 spiro atoms. The number of amides is 4. The van der Waals surface area contributed by atoms with E-state index in [1.165, 1.54) is 0 Å². The van der Waals surface area contributed by atoms with Crippen molar-refractivity contribution >= 4 is 116 Å². The van der Waals surface area contributed by atoms with Gasteiger partial charge in [0.2, 0.25) is 48.2 Å². The number of sulfonamides is 3. The van der Waals surface area contributed by atoms with Crippen LogP contribution in [0.1, 0.15) is 174 Å². The molecule has 580 valence electrons. The number of likely N-dealkylation sites (N-methyl/N-ethyl adjacent to an activating group) is 4. The third-order valence-electron chi connectivity index (χ3n) is 16.0. The van der Waals surface area contributed by atoms with Gasteiger partial charge in [0, 0.05) is 119 Å². The summed E-state index contributed by atoms with van der Waals surface area (Å²) in [4.78, 5) is 57.3. The van der Waals surface area contributed by atoms with Crippen LogP contribution >= 0.6 is 21.4 Å². The summed E-state index contributed by atoms with van der Waals surface area (Å²) in [6.07, 6.45) is 9.57. The second-order valence-corrected chi connectivity index (χ2v) is 35.2. The fourth-order valence-electron chi connectivity index (χ4n) is 9.80. The summed E-state index contributed by atoms with van der Waals surface area (Å²) in [6, 6.07) is 26.0. The maximum absolute atomic E-state index is 12.5. The van der Waals surface area contributed by atoms with Crippen molar-refractivity contribution in [3.63, 3.8) is 0 Å². The first kappa shape index (κ1) is 94.1. The SMILES string of the molecule is CCN(CC)CCNC(=O)c1ccc(N)cc1.CCN(CC)CCNC(=O)c1ccc(NS(=O)(=O)CCCCCCCCS(=O)(=O)Nc2ccc(C(=O)NCCN(CC)CC)cc2)cc1.CCN(CC)CCNC(=O)c1ccc(NS(C)(=O)=O)cc1.O=S(=O)(Cl)CCCCCCCCS(=O)(=O)Cl. The normalized spacial score (nSPS) is 11.7. The summed E-state index contributed by atoms with van der Waals surface area (Å²) in [6.45, 7) is 29.9. The lowest BCUT2D eigenvalue weighted by molar-refractivity contribution is 0.0941. The third kappa shape index (κ3) is 47.5. The number of anilines is 4. The minimum atomic E-state index is -3.53. The molecule has 0 bridgehead atoms. The lowest BCUT2D eigenvalue weighted by Crippen LogP contribution is -2.34. The molecule has 0 saturated carbocycles. The standard InChI is InChI=1S/C34H56N6O6S2.C14H23N3O3S.C13H21N3O.C8H16Cl2O4S2/c1-5-39(6-2)25-23-35-33(41)29-15-19-31(20-16-29)37-47(43,44)27-13-11-9-10-12-14-28-48(45,46)38-32-21-17-30(18-22-32)34(42)36-24-26-40(7-3)8-4;1-4-17(5-2)11-10-15-14(18)12-6-8-13(9-7-12)16-21(3,19)20;1-3-16(4-2)10-9-15-13(17)11-5-7-12(14)8-6-11;9-15(11,12)7-5-3-1-2-4-6-8-16(10,13)14/h15-22,37-38H,5-14,23-28H2,1-4H3,(H,35,41)(H,36,42);6-9,16H,4-5,10-11H2,1-3H3,(H,15,18);5-8H,3-4,9-10,14H2,1-2H3,(H,15,17);1-8H2. The molecule has 33 heteroatoms. The van der Waals surface area contributed by atoms with Gasteiger partial charge in [-0.05, 0) is 175 Å². The summed E-state index contributed by atoms with van der Waals surface area (Å²) in [5, 5.41) is 11.5. The van der Waals surface area contributed by atoms with Crippen molar-refractivity contribution in [3.05, 3.63) is 119 Å². The number of halogens is 2. The van der Waals surface area contributed by atoms with Gasteiger partial charge in [0.25, 0.3) is 23.6 Å². The van der Waals surface area contributed by atoms with Crippen molar-refractivity contribution in [3.8, 4) is 0 Å². The van der Waals surface area contributed by atoms with E-state index in [-0.39, 0.29) is 46.6 Å². The van der Waals surface area contributed by atoms with Gasteiger partial charge in [-0.25, -0.2) is 42.1 Å². The predicted octanol–water partition coefficient (Wildman–Crippen LogP) is 9.29. The maximum atomic E-state index is 12.5. The average Bonchev–Trinajstić information content (AvgIpc) is 0.879.